The van der Waals surface area contributed by atoms with E-state index < -0.39 is 9.85 Å². The summed E-state index contributed by atoms with van der Waals surface area (Å²) in [5.41, 5.74) is -0.0573. The second-order valence-corrected chi connectivity index (χ2v) is 10.7. The highest BCUT2D eigenvalue weighted by Gasteiger charge is 2.34. The molecule has 0 bridgehead atoms. The first kappa shape index (κ1) is 35.9. The Morgan fingerprint density at radius 2 is 1.28 bits per heavy atom. The lowest BCUT2D eigenvalue weighted by atomic mass is 10.1. The fourth-order valence-electron chi connectivity index (χ4n) is 5.56. The molecule has 0 radical (unpaired) electrons. The van der Waals surface area contributed by atoms with Crippen molar-refractivity contribution in [1.82, 2.24) is 9.97 Å². The molecule has 3 heterocycles. The summed E-state index contributed by atoms with van der Waals surface area (Å²) in [5, 5.41) is 24.4. The standard InChI is InChI=1S/C15H15N3O4.C9H5ClN2O2.C7H12O2.ClH/c1-22-15(19)12-7-4-8-17(12)14-11-6-3-2-5-10(11)13(9-16-14)18(20)21;10-9-7-4-2-1-3-6(7)8(5-11-9)12(13)14;1-9-7(8)6-4-2-3-5-6;/h2-3,5-6,9,12H,4,7-8H2,1H3;1-5H;6H,2-5H2,1H3;1H/t12-;;;/m0.../s1. The number of anilines is 1. The molecule has 4 aromatic rings. The van der Waals surface area contributed by atoms with Crippen LogP contribution in [0.5, 0.6) is 0 Å². The van der Waals surface area contributed by atoms with Gasteiger partial charge >= 0.3 is 11.9 Å². The molecule has 13 nitrogen and oxygen atoms in total. The zero-order valence-corrected chi connectivity index (χ0v) is 26.7. The summed E-state index contributed by atoms with van der Waals surface area (Å²) in [6.07, 6.45) is 8.43. The molecule has 2 aromatic carbocycles. The number of hydrogen-bond donors (Lipinski definition) is 0. The molecule has 1 saturated carbocycles. The molecule has 0 amide bonds. The molecule has 2 aromatic heterocycles. The predicted octanol–water partition coefficient (Wildman–Crippen LogP) is 6.85. The van der Waals surface area contributed by atoms with Gasteiger partial charge in [-0.3, -0.25) is 25.0 Å². The van der Waals surface area contributed by atoms with Crippen LogP contribution in [0.4, 0.5) is 17.2 Å². The SMILES string of the molecule is COC(=O)C1CCCC1.COC(=O)[C@@H]1CCCN1c1ncc([N+](=O)[O-])c2ccccc12.Cl.O=[N+]([O-])c1cnc(Cl)c2ccccc12. The van der Waals surface area contributed by atoms with E-state index in [0.29, 0.717) is 40.3 Å². The molecule has 1 atom stereocenters. The Morgan fingerprint density at radius 1 is 0.783 bits per heavy atom. The van der Waals surface area contributed by atoms with E-state index in [2.05, 4.69) is 14.7 Å². The van der Waals surface area contributed by atoms with Crippen molar-refractivity contribution in [2.45, 2.75) is 44.6 Å². The normalized spacial score (nSPS) is 15.5. The smallest absolute Gasteiger partial charge is 0.328 e. The lowest BCUT2D eigenvalue weighted by Gasteiger charge is -2.24. The Kier molecular flexibility index (Phi) is 13.0. The van der Waals surface area contributed by atoms with Crippen LogP contribution in [0, 0.1) is 26.1 Å². The van der Waals surface area contributed by atoms with Gasteiger partial charge in [0, 0.05) is 17.3 Å². The number of carbonyl (C=O) groups is 2. The van der Waals surface area contributed by atoms with Gasteiger partial charge in [-0.15, -0.1) is 12.4 Å². The summed E-state index contributed by atoms with van der Waals surface area (Å²) in [6, 6.07) is 13.5. The van der Waals surface area contributed by atoms with Gasteiger partial charge in [-0.1, -0.05) is 60.8 Å². The van der Waals surface area contributed by atoms with Crippen LogP contribution in [0.3, 0.4) is 0 Å². The van der Waals surface area contributed by atoms with E-state index in [1.54, 1.807) is 48.5 Å². The molecule has 0 unspecified atom stereocenters. The summed E-state index contributed by atoms with van der Waals surface area (Å²) < 4.78 is 9.44. The Labute approximate surface area is 275 Å². The fraction of sp³-hybridized carbons (Fsp3) is 0.355. The van der Waals surface area contributed by atoms with Crippen LogP contribution in [0.15, 0.2) is 60.9 Å². The molecule has 1 saturated heterocycles. The number of carbonyl (C=O) groups excluding carboxylic acids is 2. The van der Waals surface area contributed by atoms with Gasteiger partial charge in [-0.2, -0.15) is 0 Å². The van der Waals surface area contributed by atoms with Crippen molar-refractivity contribution < 1.29 is 28.9 Å². The maximum atomic E-state index is 11.9. The molecule has 2 aliphatic rings. The van der Waals surface area contributed by atoms with E-state index in [9.17, 15) is 29.8 Å². The van der Waals surface area contributed by atoms with Crippen LogP contribution in [-0.2, 0) is 19.1 Å². The quantitative estimate of drug-likeness (QED) is 0.0939. The lowest BCUT2D eigenvalue weighted by molar-refractivity contribution is -0.383. The monoisotopic (exact) mass is 673 g/mol. The van der Waals surface area contributed by atoms with E-state index >= 15 is 0 Å². The molecule has 2 fully saturated rings. The van der Waals surface area contributed by atoms with E-state index in [0.717, 1.165) is 19.3 Å². The predicted molar refractivity (Wildman–Crippen MR) is 175 cm³/mol. The van der Waals surface area contributed by atoms with Gasteiger partial charge in [-0.25, -0.2) is 14.8 Å². The Hall–Kier alpha value is -4.62. The highest BCUT2D eigenvalue weighted by molar-refractivity contribution is 6.34. The maximum Gasteiger partial charge on any atom is 0.328 e. The summed E-state index contributed by atoms with van der Waals surface area (Å²) in [7, 11) is 2.82. The lowest BCUT2D eigenvalue weighted by Crippen LogP contribution is -2.37. The van der Waals surface area contributed by atoms with E-state index in [1.165, 1.54) is 39.5 Å². The molecule has 244 valence electrons. The molecule has 1 aliphatic heterocycles. The average Bonchev–Trinajstić information content (AvgIpc) is 3.78. The van der Waals surface area contributed by atoms with Crippen molar-refractivity contribution in [3.63, 3.8) is 0 Å². The second-order valence-electron chi connectivity index (χ2n) is 10.4. The number of hydrogen-bond acceptors (Lipinski definition) is 11. The summed E-state index contributed by atoms with van der Waals surface area (Å²) >= 11 is 5.80. The molecule has 6 rings (SSSR count). The summed E-state index contributed by atoms with van der Waals surface area (Å²) in [6.45, 7) is 0.675. The van der Waals surface area contributed by atoms with Crippen LogP contribution in [-0.4, -0.2) is 58.6 Å². The number of nitrogens with zero attached hydrogens (tertiary/aromatic N) is 5. The van der Waals surface area contributed by atoms with E-state index in [1.807, 2.05) is 4.90 Å². The number of rotatable bonds is 5. The van der Waals surface area contributed by atoms with E-state index in [-0.39, 0.29) is 52.8 Å². The summed E-state index contributed by atoms with van der Waals surface area (Å²) in [4.78, 5) is 53.5. The first-order valence-electron chi connectivity index (χ1n) is 14.3. The molecular formula is C31H33Cl2N5O8. The number of pyridine rings is 2. The van der Waals surface area contributed by atoms with Gasteiger partial charge in [0.1, 0.15) is 29.4 Å². The van der Waals surface area contributed by atoms with Gasteiger partial charge in [0.15, 0.2) is 0 Å². The molecule has 1 aliphatic carbocycles. The van der Waals surface area contributed by atoms with Crippen molar-refractivity contribution in [3.8, 4) is 0 Å². The van der Waals surface area contributed by atoms with Crippen molar-refractivity contribution in [2.24, 2.45) is 5.92 Å². The number of aromatic nitrogens is 2. The molecule has 0 spiro atoms. The maximum absolute atomic E-state index is 11.9. The van der Waals surface area contributed by atoms with E-state index in [4.69, 9.17) is 16.3 Å². The first-order valence-corrected chi connectivity index (χ1v) is 14.7. The Balaban J connectivity index is 0.000000205. The Bertz CT molecular complexity index is 1720. The highest BCUT2D eigenvalue weighted by Crippen LogP contribution is 2.35. The van der Waals surface area contributed by atoms with Crippen molar-refractivity contribution in [1.29, 1.82) is 0 Å². The number of nitro groups is 2. The third kappa shape index (κ3) is 8.15. The van der Waals surface area contributed by atoms with Gasteiger partial charge in [0.25, 0.3) is 11.4 Å². The second kappa shape index (κ2) is 16.6. The van der Waals surface area contributed by atoms with Crippen molar-refractivity contribution >= 4 is 74.7 Å². The molecule has 15 heteroatoms. The number of methoxy groups -OCH3 is 2. The first-order chi connectivity index (χ1) is 21.7. The van der Waals surface area contributed by atoms with Crippen LogP contribution in [0.25, 0.3) is 21.5 Å². The number of ether oxygens (including phenoxy) is 2. The van der Waals surface area contributed by atoms with Crippen LogP contribution in [0.2, 0.25) is 5.15 Å². The topological polar surface area (TPSA) is 168 Å². The number of esters is 2. The minimum Gasteiger partial charge on any atom is -0.469 e. The molecule has 0 N–H and O–H groups in total. The zero-order chi connectivity index (χ0) is 32.5. The third-order valence-corrected chi connectivity index (χ3v) is 8.06. The van der Waals surface area contributed by atoms with Gasteiger partial charge in [0.05, 0.1) is 40.8 Å². The minimum atomic E-state index is -0.467. The van der Waals surface area contributed by atoms with Crippen LogP contribution in [0.1, 0.15) is 38.5 Å². The highest BCUT2D eigenvalue weighted by atomic mass is 35.5. The number of halogens is 2. The number of fused-ring (bicyclic) bond motifs is 2. The van der Waals surface area contributed by atoms with Crippen LogP contribution >= 0.6 is 24.0 Å². The molecule has 46 heavy (non-hydrogen) atoms. The zero-order valence-electron chi connectivity index (χ0n) is 25.2. The third-order valence-electron chi connectivity index (χ3n) is 7.76. The van der Waals surface area contributed by atoms with Gasteiger partial charge in [-0.05, 0) is 37.8 Å². The fourth-order valence-corrected chi connectivity index (χ4v) is 5.77. The van der Waals surface area contributed by atoms with Crippen molar-refractivity contribution in [2.75, 3.05) is 25.7 Å². The minimum absolute atomic E-state index is 0. The van der Waals surface area contributed by atoms with Crippen molar-refractivity contribution in [3.05, 3.63) is 86.3 Å². The Morgan fingerprint density at radius 3 is 1.83 bits per heavy atom. The largest absolute Gasteiger partial charge is 0.469 e. The average molecular weight is 675 g/mol. The number of benzene rings is 2. The van der Waals surface area contributed by atoms with Gasteiger partial charge in [0.2, 0.25) is 0 Å². The van der Waals surface area contributed by atoms with Crippen LogP contribution < -0.4 is 4.90 Å². The molecular weight excluding hydrogens is 641 g/mol. The van der Waals surface area contributed by atoms with Gasteiger partial charge < -0.3 is 14.4 Å². The summed E-state index contributed by atoms with van der Waals surface area (Å²) in [5.74, 6) is 0.485.